The quantitative estimate of drug-likeness (QED) is 0.737. The molecule has 3 nitrogen and oxygen atoms in total. The summed E-state index contributed by atoms with van der Waals surface area (Å²) in [6.07, 6.45) is 7.61. The lowest BCUT2D eigenvalue weighted by Gasteiger charge is -2.19. The lowest BCUT2D eigenvalue weighted by atomic mass is 10.0. The molecule has 0 unspecified atom stereocenters. The summed E-state index contributed by atoms with van der Waals surface area (Å²) in [6.45, 7) is 0. The van der Waals surface area contributed by atoms with E-state index in [-0.39, 0.29) is 0 Å². The van der Waals surface area contributed by atoms with Gasteiger partial charge in [0.2, 0.25) is 0 Å². The maximum atomic E-state index is 6.14. The minimum Gasteiger partial charge on any atom is -0.456 e. The highest BCUT2D eigenvalue weighted by atomic mass is 16.5. The van der Waals surface area contributed by atoms with Crippen molar-refractivity contribution in [1.82, 2.24) is 0 Å². The summed E-state index contributed by atoms with van der Waals surface area (Å²) in [5.74, 6) is 1.62. The van der Waals surface area contributed by atoms with Gasteiger partial charge >= 0.3 is 0 Å². The van der Waals surface area contributed by atoms with Gasteiger partial charge in [0.05, 0.1) is 11.9 Å². The van der Waals surface area contributed by atoms with E-state index in [1.54, 1.807) is 6.20 Å². The Hall–Kier alpha value is -3.20. The molecule has 110 valence electrons. The Kier molecular flexibility index (Phi) is 3.45. The molecule has 2 aliphatic rings. The van der Waals surface area contributed by atoms with Crippen molar-refractivity contribution in [3.8, 4) is 0 Å². The average molecular weight is 298 g/mol. The van der Waals surface area contributed by atoms with Gasteiger partial charge < -0.3 is 4.74 Å². The van der Waals surface area contributed by atoms with Crippen LogP contribution in [0.1, 0.15) is 11.1 Å². The number of allylic oxidation sites excluding steroid dienone is 4. The lowest BCUT2D eigenvalue weighted by Crippen LogP contribution is -2.00. The van der Waals surface area contributed by atoms with E-state index in [1.165, 1.54) is 0 Å². The molecule has 0 amide bonds. The predicted molar refractivity (Wildman–Crippen MR) is 90.9 cm³/mol. The molecular weight excluding hydrogens is 284 g/mol. The molecule has 0 fully saturated rings. The Balaban J connectivity index is 1.82. The molecule has 0 spiro atoms. The first-order valence-electron chi connectivity index (χ1n) is 7.44. The van der Waals surface area contributed by atoms with Crippen LogP contribution in [0.15, 0.2) is 107 Å². The number of ether oxygens (including phenoxy) is 1. The monoisotopic (exact) mass is 298 g/mol. The second kappa shape index (κ2) is 5.89. The summed E-state index contributed by atoms with van der Waals surface area (Å²) in [5, 5.41) is 8.09. The van der Waals surface area contributed by atoms with Crippen molar-refractivity contribution in [2.45, 2.75) is 0 Å². The Bertz CT molecular complexity index is 801. The average Bonchev–Trinajstić information content (AvgIpc) is 3.18. The zero-order chi connectivity index (χ0) is 15.5. The van der Waals surface area contributed by atoms with E-state index in [2.05, 4.69) is 10.2 Å². The Morgan fingerprint density at radius 3 is 1.74 bits per heavy atom. The maximum absolute atomic E-state index is 6.14. The van der Waals surface area contributed by atoms with E-state index in [4.69, 9.17) is 4.74 Å². The van der Waals surface area contributed by atoms with Gasteiger partial charge in [0.25, 0.3) is 0 Å². The number of benzene rings is 2. The van der Waals surface area contributed by atoms with Crippen molar-refractivity contribution < 1.29 is 4.74 Å². The van der Waals surface area contributed by atoms with Gasteiger partial charge in [0.1, 0.15) is 11.5 Å². The smallest absolute Gasteiger partial charge is 0.135 e. The van der Waals surface area contributed by atoms with Crippen LogP contribution in [-0.4, -0.2) is 0 Å². The van der Waals surface area contributed by atoms with Crippen molar-refractivity contribution in [1.29, 1.82) is 0 Å². The highest BCUT2D eigenvalue weighted by Crippen LogP contribution is 2.34. The van der Waals surface area contributed by atoms with Crippen molar-refractivity contribution in [2.75, 3.05) is 0 Å². The first kappa shape index (κ1) is 13.5. The molecule has 2 aromatic carbocycles. The molecule has 0 atom stereocenters. The predicted octanol–water partition coefficient (Wildman–Crippen LogP) is 5.33. The first-order valence-corrected chi connectivity index (χ1v) is 7.44. The van der Waals surface area contributed by atoms with Crippen LogP contribution in [0.25, 0.3) is 11.5 Å². The number of nitrogens with zero attached hydrogens (tertiary/aromatic N) is 2. The molecule has 2 aliphatic heterocycles. The van der Waals surface area contributed by atoms with Crippen LogP contribution < -0.4 is 0 Å². The molecular formula is C20H14N2O. The van der Waals surface area contributed by atoms with Crippen LogP contribution in [-0.2, 0) is 4.74 Å². The van der Waals surface area contributed by atoms with Gasteiger partial charge in [-0.2, -0.15) is 10.2 Å². The molecule has 0 N–H and O–H groups in total. The highest BCUT2D eigenvalue weighted by molar-refractivity contribution is 5.78. The fraction of sp³-hybridized carbons (Fsp3) is 0. The number of azo groups is 1. The van der Waals surface area contributed by atoms with Crippen molar-refractivity contribution in [3.05, 3.63) is 107 Å². The van der Waals surface area contributed by atoms with E-state index in [9.17, 15) is 0 Å². The molecule has 0 radical (unpaired) electrons. The summed E-state index contributed by atoms with van der Waals surface area (Å²) in [4.78, 5) is 0. The molecule has 3 heteroatoms. The van der Waals surface area contributed by atoms with Crippen LogP contribution >= 0.6 is 0 Å². The Labute approximate surface area is 134 Å². The molecule has 23 heavy (non-hydrogen) atoms. The van der Waals surface area contributed by atoms with E-state index in [0.717, 1.165) is 33.9 Å². The highest BCUT2D eigenvalue weighted by Gasteiger charge is 2.17. The largest absolute Gasteiger partial charge is 0.456 e. The molecule has 0 saturated carbocycles. The fourth-order valence-corrected chi connectivity index (χ4v) is 2.53. The summed E-state index contributed by atoms with van der Waals surface area (Å²) >= 11 is 0. The molecule has 4 rings (SSSR count). The number of hydrogen-bond acceptors (Lipinski definition) is 3. The van der Waals surface area contributed by atoms with Gasteiger partial charge in [-0.25, -0.2) is 0 Å². The van der Waals surface area contributed by atoms with E-state index >= 15 is 0 Å². The van der Waals surface area contributed by atoms with Crippen LogP contribution in [0.2, 0.25) is 0 Å². The van der Waals surface area contributed by atoms with E-state index in [1.807, 2.05) is 78.9 Å². The third kappa shape index (κ3) is 2.77. The zero-order valence-corrected chi connectivity index (χ0v) is 12.4. The third-order valence-electron chi connectivity index (χ3n) is 3.67. The molecule has 0 saturated heterocycles. The SMILES string of the molecule is C1=CC(=C2C=C(c3ccccc3)OC(c3ccccc3)=C2)N=N1. The van der Waals surface area contributed by atoms with Gasteiger partial charge in [0.15, 0.2) is 0 Å². The van der Waals surface area contributed by atoms with Gasteiger partial charge in [-0.1, -0.05) is 60.7 Å². The normalized spacial score (nSPS) is 16.2. The lowest BCUT2D eigenvalue weighted by molar-refractivity contribution is 0.466. The Morgan fingerprint density at radius 2 is 1.26 bits per heavy atom. The number of hydrogen-bond donors (Lipinski definition) is 0. The van der Waals surface area contributed by atoms with Crippen molar-refractivity contribution >= 4 is 11.5 Å². The maximum Gasteiger partial charge on any atom is 0.135 e. The van der Waals surface area contributed by atoms with Crippen LogP contribution in [0.5, 0.6) is 0 Å². The molecule has 0 aliphatic carbocycles. The molecule has 0 aromatic heterocycles. The topological polar surface area (TPSA) is 34.0 Å². The second-order valence-electron chi connectivity index (χ2n) is 5.22. The van der Waals surface area contributed by atoms with Crippen molar-refractivity contribution in [2.24, 2.45) is 10.2 Å². The summed E-state index contributed by atoms with van der Waals surface area (Å²) in [7, 11) is 0. The van der Waals surface area contributed by atoms with Crippen molar-refractivity contribution in [3.63, 3.8) is 0 Å². The molecule has 2 aromatic rings. The zero-order valence-electron chi connectivity index (χ0n) is 12.4. The van der Waals surface area contributed by atoms with Gasteiger partial charge in [0, 0.05) is 16.7 Å². The van der Waals surface area contributed by atoms with Gasteiger partial charge in [-0.15, -0.1) is 0 Å². The molecule has 2 heterocycles. The van der Waals surface area contributed by atoms with Gasteiger partial charge in [-0.05, 0) is 18.2 Å². The minimum absolute atomic E-state index is 0.810. The van der Waals surface area contributed by atoms with E-state index in [0.29, 0.717) is 0 Å². The fourth-order valence-electron chi connectivity index (χ4n) is 2.53. The first-order chi connectivity index (χ1) is 11.4. The van der Waals surface area contributed by atoms with Crippen LogP contribution in [0.4, 0.5) is 0 Å². The van der Waals surface area contributed by atoms with Crippen LogP contribution in [0, 0.1) is 0 Å². The van der Waals surface area contributed by atoms with E-state index < -0.39 is 0 Å². The summed E-state index contributed by atoms with van der Waals surface area (Å²) in [5.41, 5.74) is 3.90. The third-order valence-corrected chi connectivity index (χ3v) is 3.67. The summed E-state index contributed by atoms with van der Waals surface area (Å²) < 4.78 is 6.14. The van der Waals surface area contributed by atoms with Gasteiger partial charge in [-0.3, -0.25) is 0 Å². The minimum atomic E-state index is 0.810. The summed E-state index contributed by atoms with van der Waals surface area (Å²) in [6, 6.07) is 20.1. The van der Waals surface area contributed by atoms with Crippen LogP contribution in [0.3, 0.4) is 0 Å². The Morgan fingerprint density at radius 1 is 0.696 bits per heavy atom. The number of rotatable bonds is 2. The second-order valence-corrected chi connectivity index (χ2v) is 5.22. The standard InChI is InChI=1S/C20H14N2O/c1-3-7-15(8-4-1)19-13-17(18-11-12-21-22-18)14-20(23-19)16-9-5-2-6-10-16/h1-14H. The molecule has 0 bridgehead atoms.